The number of nitrogens with one attached hydrogen (secondary N) is 2. The number of aromatic nitrogens is 3. The predicted molar refractivity (Wildman–Crippen MR) is 105 cm³/mol. The lowest BCUT2D eigenvalue weighted by Crippen LogP contribution is -1.84. The molecule has 0 amide bonds. The largest absolute Gasteiger partial charge is 0.361 e. The number of benzene rings is 2. The summed E-state index contributed by atoms with van der Waals surface area (Å²) in [5.41, 5.74) is 6.71. The van der Waals surface area contributed by atoms with E-state index in [9.17, 15) is 5.26 Å². The third kappa shape index (κ3) is 2.75. The van der Waals surface area contributed by atoms with Crippen LogP contribution in [0.3, 0.4) is 0 Å². The minimum atomic E-state index is 0.507. The van der Waals surface area contributed by atoms with E-state index in [2.05, 4.69) is 56.9 Å². The molecule has 2 aromatic carbocycles. The Labute approximate surface area is 153 Å². The standard InChI is InChI=1S/C20H15BrN4/c1-11-5-18-19(6-12(11)2)25-20(24-18)13(9-22)7-14-10-23-17-4-3-15(21)8-16(14)17/h3-8,10,23H,1-2H3,(H,24,25)/b13-7-. The molecule has 0 spiro atoms. The van der Waals surface area contributed by atoms with Crippen LogP contribution in [0.1, 0.15) is 22.5 Å². The number of fused-ring (bicyclic) bond motifs is 2. The van der Waals surface area contributed by atoms with Crippen LogP contribution in [0.15, 0.2) is 41.0 Å². The molecule has 4 nitrogen and oxygen atoms in total. The van der Waals surface area contributed by atoms with Gasteiger partial charge in [0.25, 0.3) is 0 Å². The zero-order chi connectivity index (χ0) is 17.6. The molecule has 0 aliphatic heterocycles. The van der Waals surface area contributed by atoms with E-state index in [-0.39, 0.29) is 0 Å². The Balaban J connectivity index is 1.85. The number of aromatic amines is 2. The SMILES string of the molecule is Cc1cc2nc(/C(C#N)=C\c3c[nH]c4ccc(Br)cc34)[nH]c2cc1C. The maximum absolute atomic E-state index is 9.64. The molecule has 0 fully saturated rings. The van der Waals surface area contributed by atoms with Crippen molar-refractivity contribution < 1.29 is 0 Å². The van der Waals surface area contributed by atoms with Crippen molar-refractivity contribution in [2.24, 2.45) is 0 Å². The van der Waals surface area contributed by atoms with Gasteiger partial charge in [0.1, 0.15) is 11.9 Å². The molecule has 0 aliphatic rings. The molecule has 0 aliphatic carbocycles. The second kappa shape index (κ2) is 5.91. The quantitative estimate of drug-likeness (QED) is 0.444. The molecular formula is C20H15BrN4. The second-order valence-electron chi connectivity index (χ2n) is 6.14. The third-order valence-electron chi connectivity index (χ3n) is 4.45. The van der Waals surface area contributed by atoms with Gasteiger partial charge in [0.15, 0.2) is 0 Å². The van der Waals surface area contributed by atoms with Crippen molar-refractivity contribution in [1.29, 1.82) is 5.26 Å². The highest BCUT2D eigenvalue weighted by atomic mass is 79.9. The van der Waals surface area contributed by atoms with Crippen LogP contribution in [0.2, 0.25) is 0 Å². The van der Waals surface area contributed by atoms with Crippen molar-refractivity contribution in [3.63, 3.8) is 0 Å². The number of hydrogen-bond donors (Lipinski definition) is 2. The van der Waals surface area contributed by atoms with Crippen molar-refractivity contribution >= 4 is 49.5 Å². The minimum Gasteiger partial charge on any atom is -0.361 e. The van der Waals surface area contributed by atoms with E-state index in [4.69, 9.17) is 0 Å². The lowest BCUT2D eigenvalue weighted by Gasteiger charge is -1.97. The molecule has 5 heteroatoms. The Morgan fingerprint density at radius 1 is 1.16 bits per heavy atom. The average molecular weight is 391 g/mol. The van der Waals surface area contributed by atoms with Gasteiger partial charge in [-0.1, -0.05) is 15.9 Å². The van der Waals surface area contributed by atoms with E-state index in [1.807, 2.05) is 36.5 Å². The van der Waals surface area contributed by atoms with Crippen LogP contribution < -0.4 is 0 Å². The summed E-state index contributed by atoms with van der Waals surface area (Å²) >= 11 is 3.50. The van der Waals surface area contributed by atoms with Gasteiger partial charge >= 0.3 is 0 Å². The van der Waals surface area contributed by atoms with Gasteiger partial charge in [-0.3, -0.25) is 0 Å². The van der Waals surface area contributed by atoms with Crippen molar-refractivity contribution in [3.05, 3.63) is 63.5 Å². The molecule has 0 unspecified atom stereocenters. The van der Waals surface area contributed by atoms with Gasteiger partial charge in [-0.15, -0.1) is 0 Å². The third-order valence-corrected chi connectivity index (χ3v) is 4.94. The predicted octanol–water partition coefficient (Wildman–Crippen LogP) is 5.49. The van der Waals surface area contributed by atoms with Crippen molar-refractivity contribution in [2.75, 3.05) is 0 Å². The molecule has 2 heterocycles. The highest BCUT2D eigenvalue weighted by Crippen LogP contribution is 2.27. The number of nitriles is 1. The number of allylic oxidation sites excluding steroid dienone is 1. The number of hydrogen-bond acceptors (Lipinski definition) is 2. The summed E-state index contributed by atoms with van der Waals surface area (Å²) in [4.78, 5) is 11.1. The fourth-order valence-electron chi connectivity index (χ4n) is 2.94. The number of rotatable bonds is 2. The maximum atomic E-state index is 9.64. The molecule has 2 aromatic heterocycles. The van der Waals surface area contributed by atoms with E-state index < -0.39 is 0 Å². The lowest BCUT2D eigenvalue weighted by molar-refractivity contribution is 1.27. The van der Waals surface area contributed by atoms with Gasteiger partial charge in [0, 0.05) is 27.1 Å². The van der Waals surface area contributed by atoms with E-state index in [0.717, 1.165) is 32.0 Å². The monoisotopic (exact) mass is 390 g/mol. The summed E-state index contributed by atoms with van der Waals surface area (Å²) in [7, 11) is 0. The van der Waals surface area contributed by atoms with Crippen molar-refractivity contribution in [2.45, 2.75) is 13.8 Å². The molecule has 0 radical (unpaired) electrons. The van der Waals surface area contributed by atoms with Gasteiger partial charge < -0.3 is 9.97 Å². The van der Waals surface area contributed by atoms with E-state index >= 15 is 0 Å². The highest BCUT2D eigenvalue weighted by Gasteiger charge is 2.11. The Bertz CT molecular complexity index is 1150. The van der Waals surface area contributed by atoms with Crippen LogP contribution in [-0.2, 0) is 0 Å². The number of halogens is 1. The van der Waals surface area contributed by atoms with Crippen LogP contribution in [0.5, 0.6) is 0 Å². The molecule has 4 rings (SSSR count). The second-order valence-corrected chi connectivity index (χ2v) is 7.06. The molecule has 4 aromatic rings. The van der Waals surface area contributed by atoms with E-state index in [1.165, 1.54) is 11.1 Å². The fourth-order valence-corrected chi connectivity index (χ4v) is 3.30. The Hall–Kier alpha value is -2.84. The summed E-state index contributed by atoms with van der Waals surface area (Å²) < 4.78 is 1.00. The number of aryl methyl sites for hydroxylation is 2. The first-order valence-corrected chi connectivity index (χ1v) is 8.70. The Kier molecular flexibility index (Phi) is 3.70. The molecule has 0 saturated heterocycles. The number of imidazole rings is 1. The first-order valence-electron chi connectivity index (χ1n) is 7.91. The van der Waals surface area contributed by atoms with Crippen molar-refractivity contribution in [3.8, 4) is 6.07 Å². The van der Waals surface area contributed by atoms with Crippen molar-refractivity contribution in [1.82, 2.24) is 15.0 Å². The van der Waals surface area contributed by atoms with Crippen LogP contribution in [0.4, 0.5) is 0 Å². The van der Waals surface area contributed by atoms with E-state index in [1.54, 1.807) is 0 Å². The van der Waals surface area contributed by atoms with Crippen LogP contribution >= 0.6 is 15.9 Å². The minimum absolute atomic E-state index is 0.507. The molecule has 2 N–H and O–H groups in total. The zero-order valence-electron chi connectivity index (χ0n) is 13.8. The normalized spacial score (nSPS) is 12.0. The zero-order valence-corrected chi connectivity index (χ0v) is 15.4. The number of H-pyrrole nitrogens is 2. The molecular weight excluding hydrogens is 376 g/mol. The number of nitrogens with zero attached hydrogens (tertiary/aromatic N) is 2. The Morgan fingerprint density at radius 3 is 2.76 bits per heavy atom. The van der Waals surface area contributed by atoms with Gasteiger partial charge in [0.05, 0.1) is 16.6 Å². The summed E-state index contributed by atoms with van der Waals surface area (Å²) in [6, 6.07) is 12.4. The molecule has 0 saturated carbocycles. The summed E-state index contributed by atoms with van der Waals surface area (Å²) in [5.74, 6) is 0.590. The summed E-state index contributed by atoms with van der Waals surface area (Å²) in [6.07, 6.45) is 3.77. The topological polar surface area (TPSA) is 68.3 Å². The van der Waals surface area contributed by atoms with Gasteiger partial charge in [0.2, 0.25) is 0 Å². The lowest BCUT2D eigenvalue weighted by atomic mass is 10.1. The fraction of sp³-hybridized carbons (Fsp3) is 0.100. The summed E-state index contributed by atoms with van der Waals surface area (Å²) in [5, 5.41) is 10.7. The van der Waals surface area contributed by atoms with Gasteiger partial charge in [-0.2, -0.15) is 5.26 Å². The van der Waals surface area contributed by atoms with Gasteiger partial charge in [-0.05, 0) is 61.4 Å². The molecule has 122 valence electrons. The van der Waals surface area contributed by atoms with Gasteiger partial charge in [-0.25, -0.2) is 4.98 Å². The van der Waals surface area contributed by atoms with Crippen LogP contribution in [0.25, 0.3) is 33.6 Å². The molecule has 0 atom stereocenters. The highest BCUT2D eigenvalue weighted by molar-refractivity contribution is 9.10. The maximum Gasteiger partial charge on any atom is 0.149 e. The molecule has 25 heavy (non-hydrogen) atoms. The first-order chi connectivity index (χ1) is 12.0. The molecule has 0 bridgehead atoms. The first kappa shape index (κ1) is 15.7. The smallest absolute Gasteiger partial charge is 0.149 e. The summed E-state index contributed by atoms with van der Waals surface area (Å²) in [6.45, 7) is 4.13. The van der Waals surface area contributed by atoms with Crippen LogP contribution in [0, 0.1) is 25.2 Å². The Morgan fingerprint density at radius 2 is 1.96 bits per heavy atom. The average Bonchev–Trinajstić information content (AvgIpc) is 3.16. The van der Waals surface area contributed by atoms with Crippen LogP contribution in [-0.4, -0.2) is 15.0 Å². The van der Waals surface area contributed by atoms with E-state index in [0.29, 0.717) is 11.4 Å².